The van der Waals surface area contributed by atoms with E-state index in [0.717, 1.165) is 24.9 Å². The van der Waals surface area contributed by atoms with E-state index in [-0.39, 0.29) is 12.5 Å². The molecule has 1 saturated carbocycles. The number of rotatable bonds is 4. The van der Waals surface area contributed by atoms with E-state index >= 15 is 0 Å². The van der Waals surface area contributed by atoms with Gasteiger partial charge in [-0.2, -0.15) is 0 Å². The van der Waals surface area contributed by atoms with Crippen LogP contribution in [0.15, 0.2) is 24.3 Å². The molecular formula is C15H21NO2. The number of carbonyl (C=O) groups is 1. The van der Waals surface area contributed by atoms with E-state index in [1.165, 1.54) is 5.56 Å². The minimum absolute atomic E-state index is 0.0476. The first-order chi connectivity index (χ1) is 8.57. The second kappa shape index (κ2) is 5.11. The normalized spacial score (nSPS) is 17.3. The average molecular weight is 247 g/mol. The maximum Gasteiger partial charge on any atom is 0.232 e. The summed E-state index contributed by atoms with van der Waals surface area (Å²) in [6.07, 6.45) is 2.61. The average Bonchev–Trinajstić information content (AvgIpc) is 2.29. The van der Waals surface area contributed by atoms with Gasteiger partial charge in [-0.05, 0) is 36.5 Å². The number of amides is 1. The van der Waals surface area contributed by atoms with Crippen molar-refractivity contribution in [2.75, 3.05) is 11.9 Å². The van der Waals surface area contributed by atoms with Crippen molar-refractivity contribution in [3.8, 4) is 0 Å². The molecule has 2 N–H and O–H groups in total. The molecule has 0 saturated heterocycles. The van der Waals surface area contributed by atoms with Crippen molar-refractivity contribution in [1.82, 2.24) is 0 Å². The molecule has 0 atom stereocenters. The topological polar surface area (TPSA) is 49.3 Å². The number of hydrogen-bond acceptors (Lipinski definition) is 2. The molecule has 1 aliphatic carbocycles. The zero-order valence-corrected chi connectivity index (χ0v) is 11.1. The van der Waals surface area contributed by atoms with E-state index in [0.29, 0.717) is 5.92 Å². The van der Waals surface area contributed by atoms with Crippen LogP contribution in [0.2, 0.25) is 0 Å². The van der Waals surface area contributed by atoms with Crippen molar-refractivity contribution in [3.05, 3.63) is 29.8 Å². The van der Waals surface area contributed by atoms with E-state index in [9.17, 15) is 9.90 Å². The van der Waals surface area contributed by atoms with Crippen LogP contribution in [0.3, 0.4) is 0 Å². The lowest BCUT2D eigenvalue weighted by atomic mass is 9.68. The fourth-order valence-corrected chi connectivity index (χ4v) is 2.28. The molecule has 0 radical (unpaired) electrons. The van der Waals surface area contributed by atoms with Gasteiger partial charge in [0.2, 0.25) is 5.91 Å². The van der Waals surface area contributed by atoms with Gasteiger partial charge in [0.15, 0.2) is 0 Å². The van der Waals surface area contributed by atoms with Gasteiger partial charge in [-0.1, -0.05) is 32.4 Å². The maximum atomic E-state index is 12.1. The molecule has 98 valence electrons. The molecule has 0 aromatic heterocycles. The Labute approximate surface area is 108 Å². The number of anilines is 1. The van der Waals surface area contributed by atoms with Gasteiger partial charge in [-0.3, -0.25) is 4.79 Å². The number of aliphatic hydroxyl groups is 1. The molecule has 3 heteroatoms. The molecule has 18 heavy (non-hydrogen) atoms. The van der Waals surface area contributed by atoms with E-state index in [2.05, 4.69) is 19.2 Å². The van der Waals surface area contributed by atoms with Crippen LogP contribution in [0, 0.1) is 5.41 Å². The summed E-state index contributed by atoms with van der Waals surface area (Å²) < 4.78 is 0. The van der Waals surface area contributed by atoms with Gasteiger partial charge < -0.3 is 10.4 Å². The van der Waals surface area contributed by atoms with Crippen LogP contribution in [0.4, 0.5) is 5.69 Å². The van der Waals surface area contributed by atoms with Crippen LogP contribution < -0.4 is 5.32 Å². The van der Waals surface area contributed by atoms with Gasteiger partial charge in [0, 0.05) is 5.69 Å². The van der Waals surface area contributed by atoms with Crippen molar-refractivity contribution in [1.29, 1.82) is 0 Å². The van der Waals surface area contributed by atoms with Crippen LogP contribution in [0.1, 0.15) is 44.6 Å². The van der Waals surface area contributed by atoms with Crippen LogP contribution in [0.5, 0.6) is 0 Å². The zero-order valence-electron chi connectivity index (χ0n) is 11.1. The highest BCUT2D eigenvalue weighted by atomic mass is 16.3. The summed E-state index contributed by atoms with van der Waals surface area (Å²) in [5.41, 5.74) is 1.54. The Morgan fingerprint density at radius 2 is 1.94 bits per heavy atom. The molecule has 2 rings (SSSR count). The summed E-state index contributed by atoms with van der Waals surface area (Å²) >= 11 is 0. The Morgan fingerprint density at radius 1 is 1.33 bits per heavy atom. The number of benzene rings is 1. The van der Waals surface area contributed by atoms with Crippen LogP contribution in [-0.2, 0) is 4.79 Å². The first-order valence-electron chi connectivity index (χ1n) is 6.60. The third-order valence-corrected chi connectivity index (χ3v) is 3.93. The molecule has 3 nitrogen and oxygen atoms in total. The predicted molar refractivity (Wildman–Crippen MR) is 72.5 cm³/mol. The molecule has 0 unspecified atom stereocenters. The van der Waals surface area contributed by atoms with E-state index in [4.69, 9.17) is 0 Å². The Morgan fingerprint density at radius 3 is 2.33 bits per heavy atom. The number of aliphatic hydroxyl groups excluding tert-OH is 1. The Bertz CT molecular complexity index is 413. The monoisotopic (exact) mass is 247 g/mol. The molecule has 1 aromatic rings. The lowest BCUT2D eigenvalue weighted by Crippen LogP contribution is -2.44. The van der Waals surface area contributed by atoms with Gasteiger partial charge in [-0.25, -0.2) is 0 Å². The van der Waals surface area contributed by atoms with Crippen molar-refractivity contribution < 1.29 is 9.90 Å². The standard InChI is InChI=1S/C15H21NO2/c1-11(2)12-4-6-13(7-5-12)16-14(18)15(10-17)8-3-9-15/h4-7,11,17H,3,8-10H2,1-2H3,(H,16,18). The van der Waals surface area contributed by atoms with Crippen molar-refractivity contribution >= 4 is 11.6 Å². The van der Waals surface area contributed by atoms with Gasteiger partial charge in [0.25, 0.3) is 0 Å². The first kappa shape index (κ1) is 13.1. The third kappa shape index (κ3) is 2.41. The highest BCUT2D eigenvalue weighted by Crippen LogP contribution is 2.41. The molecule has 1 fully saturated rings. The van der Waals surface area contributed by atoms with Crippen LogP contribution >= 0.6 is 0 Å². The summed E-state index contributed by atoms with van der Waals surface area (Å²) in [4.78, 5) is 12.1. The smallest absolute Gasteiger partial charge is 0.232 e. The minimum atomic E-state index is -0.531. The molecule has 0 aliphatic heterocycles. The van der Waals surface area contributed by atoms with Crippen LogP contribution in [-0.4, -0.2) is 17.6 Å². The maximum absolute atomic E-state index is 12.1. The summed E-state index contributed by atoms with van der Waals surface area (Å²) in [6.45, 7) is 4.23. The summed E-state index contributed by atoms with van der Waals surface area (Å²) in [5, 5.41) is 12.2. The first-order valence-corrected chi connectivity index (χ1v) is 6.60. The Balaban J connectivity index is 2.03. The van der Waals surface area contributed by atoms with Gasteiger partial charge in [0.05, 0.1) is 12.0 Å². The van der Waals surface area contributed by atoms with Crippen molar-refractivity contribution in [2.45, 2.75) is 39.0 Å². The highest BCUT2D eigenvalue weighted by Gasteiger charge is 2.43. The molecule has 1 aliphatic rings. The van der Waals surface area contributed by atoms with Crippen LogP contribution in [0.25, 0.3) is 0 Å². The van der Waals surface area contributed by atoms with Gasteiger partial charge in [-0.15, -0.1) is 0 Å². The molecule has 0 spiro atoms. The third-order valence-electron chi connectivity index (χ3n) is 3.93. The number of nitrogens with one attached hydrogen (secondary N) is 1. The molecule has 1 aromatic carbocycles. The summed E-state index contributed by atoms with van der Waals surface area (Å²) in [7, 11) is 0. The Kier molecular flexibility index (Phi) is 3.71. The lowest BCUT2D eigenvalue weighted by molar-refractivity contribution is -0.133. The van der Waals surface area contributed by atoms with E-state index in [1.54, 1.807) is 0 Å². The zero-order chi connectivity index (χ0) is 13.2. The lowest BCUT2D eigenvalue weighted by Gasteiger charge is -2.38. The minimum Gasteiger partial charge on any atom is -0.395 e. The summed E-state index contributed by atoms with van der Waals surface area (Å²) in [6, 6.07) is 7.92. The fraction of sp³-hybridized carbons (Fsp3) is 0.533. The van der Waals surface area contributed by atoms with Gasteiger partial charge >= 0.3 is 0 Å². The quantitative estimate of drug-likeness (QED) is 0.859. The molecule has 0 heterocycles. The molecule has 1 amide bonds. The largest absolute Gasteiger partial charge is 0.395 e. The Hall–Kier alpha value is -1.35. The van der Waals surface area contributed by atoms with E-state index in [1.807, 2.05) is 24.3 Å². The second-order valence-corrected chi connectivity index (χ2v) is 5.52. The summed E-state index contributed by atoms with van der Waals surface area (Å²) in [5.74, 6) is 0.443. The highest BCUT2D eigenvalue weighted by molar-refractivity contribution is 5.96. The molecular weight excluding hydrogens is 226 g/mol. The number of hydrogen-bond donors (Lipinski definition) is 2. The van der Waals surface area contributed by atoms with Crippen molar-refractivity contribution in [3.63, 3.8) is 0 Å². The SMILES string of the molecule is CC(C)c1ccc(NC(=O)C2(CO)CCC2)cc1. The second-order valence-electron chi connectivity index (χ2n) is 5.52. The fourth-order valence-electron chi connectivity index (χ4n) is 2.28. The van der Waals surface area contributed by atoms with Gasteiger partial charge in [0.1, 0.15) is 0 Å². The molecule has 0 bridgehead atoms. The van der Waals surface area contributed by atoms with Crippen molar-refractivity contribution in [2.24, 2.45) is 5.41 Å². The van der Waals surface area contributed by atoms with E-state index < -0.39 is 5.41 Å². The predicted octanol–water partition coefficient (Wildman–Crippen LogP) is 2.91. The number of carbonyl (C=O) groups excluding carboxylic acids is 1.